The molecular weight excluding hydrogens is 592 g/mol. The lowest BCUT2D eigenvalue weighted by atomic mass is 9.85. The molecule has 10 nitrogen and oxygen atoms in total. The number of rotatable bonds is 4. The molecule has 6 rings (SSSR count). The van der Waals surface area contributed by atoms with Gasteiger partial charge in [0.2, 0.25) is 5.91 Å². The summed E-state index contributed by atoms with van der Waals surface area (Å²) in [4.78, 5) is 36.3. The summed E-state index contributed by atoms with van der Waals surface area (Å²) >= 11 is 0. The minimum Gasteiger partial charge on any atom is -0.494 e. The second-order valence-electron chi connectivity index (χ2n) is 13.4. The summed E-state index contributed by atoms with van der Waals surface area (Å²) in [5.41, 5.74) is 3.40. The van der Waals surface area contributed by atoms with E-state index >= 15 is 0 Å². The normalized spacial score (nSPS) is 22.0. The van der Waals surface area contributed by atoms with E-state index in [2.05, 4.69) is 26.6 Å². The second-order valence-corrected chi connectivity index (χ2v) is 13.4. The number of halogens is 2. The van der Waals surface area contributed by atoms with Crippen LogP contribution in [0.15, 0.2) is 30.3 Å². The number of nitrogens with zero attached hydrogens (tertiary/aromatic N) is 4. The Morgan fingerprint density at radius 2 is 1.87 bits per heavy atom. The molecule has 3 aromatic heterocycles. The maximum atomic E-state index is 14.5. The maximum absolute atomic E-state index is 14.5. The van der Waals surface area contributed by atoms with E-state index in [-0.39, 0.29) is 37.0 Å². The lowest BCUT2D eigenvalue weighted by Gasteiger charge is -2.32. The highest BCUT2D eigenvalue weighted by atomic mass is 19.3. The van der Waals surface area contributed by atoms with Gasteiger partial charge in [-0.15, -0.1) is 0 Å². The summed E-state index contributed by atoms with van der Waals surface area (Å²) < 4.78 is 38.8. The van der Waals surface area contributed by atoms with Gasteiger partial charge in [0, 0.05) is 49.5 Å². The highest BCUT2D eigenvalue weighted by molar-refractivity contribution is 6.00. The number of hydrogen-bond donors (Lipinski definition) is 3. The van der Waals surface area contributed by atoms with Gasteiger partial charge in [0.1, 0.15) is 23.0 Å². The van der Waals surface area contributed by atoms with Gasteiger partial charge in [-0.25, -0.2) is 18.7 Å². The van der Waals surface area contributed by atoms with Crippen LogP contribution in [0.5, 0.6) is 5.75 Å². The molecule has 1 fully saturated rings. The van der Waals surface area contributed by atoms with E-state index in [1.807, 2.05) is 44.5 Å². The van der Waals surface area contributed by atoms with E-state index < -0.39 is 23.3 Å². The molecule has 2 aliphatic rings. The third-order valence-electron chi connectivity index (χ3n) is 9.55. The number of nitrogens with one attached hydrogen (secondary N) is 3. The number of piperidine rings is 1. The van der Waals surface area contributed by atoms with Crippen LogP contribution in [-0.2, 0) is 18.4 Å². The zero-order valence-electron chi connectivity index (χ0n) is 27.2. The number of imidazole rings is 1. The Morgan fingerprint density at radius 3 is 2.63 bits per heavy atom. The Bertz CT molecular complexity index is 1790. The molecule has 5 heterocycles. The van der Waals surface area contributed by atoms with Gasteiger partial charge in [-0.3, -0.25) is 9.59 Å². The molecule has 4 aromatic rings. The van der Waals surface area contributed by atoms with E-state index in [9.17, 15) is 18.4 Å². The van der Waals surface area contributed by atoms with Crippen LogP contribution in [0.25, 0.3) is 33.6 Å². The molecule has 246 valence electrons. The van der Waals surface area contributed by atoms with Crippen molar-refractivity contribution in [2.24, 2.45) is 12.5 Å². The fraction of sp³-hybridized carbons (Fsp3) is 0.529. The van der Waals surface area contributed by atoms with Gasteiger partial charge in [0.05, 0.1) is 30.1 Å². The third-order valence-corrected chi connectivity index (χ3v) is 9.55. The van der Waals surface area contributed by atoms with Crippen LogP contribution < -0.4 is 20.7 Å². The van der Waals surface area contributed by atoms with Gasteiger partial charge in [-0.2, -0.15) is 0 Å². The highest BCUT2D eigenvalue weighted by Crippen LogP contribution is 2.35. The number of alkyl halides is 2. The van der Waals surface area contributed by atoms with Crippen molar-refractivity contribution in [3.05, 3.63) is 41.6 Å². The van der Waals surface area contributed by atoms with Gasteiger partial charge in [-0.05, 0) is 50.1 Å². The number of methoxy groups -OCH3 is 1. The molecule has 2 atom stereocenters. The van der Waals surface area contributed by atoms with Gasteiger partial charge in [0.15, 0.2) is 5.82 Å². The number of amides is 2. The number of carbonyl (C=O) groups is 2. The first-order chi connectivity index (χ1) is 21.9. The van der Waals surface area contributed by atoms with E-state index in [1.54, 1.807) is 12.1 Å². The highest BCUT2D eigenvalue weighted by Gasteiger charge is 2.42. The topological polar surface area (TPSA) is 115 Å². The fourth-order valence-corrected chi connectivity index (χ4v) is 6.61. The van der Waals surface area contributed by atoms with Crippen molar-refractivity contribution in [3.63, 3.8) is 0 Å². The molecule has 2 bridgehead atoms. The van der Waals surface area contributed by atoms with Gasteiger partial charge in [0.25, 0.3) is 11.8 Å². The summed E-state index contributed by atoms with van der Waals surface area (Å²) in [6.45, 7) is 6.90. The SMILES string of the molecule is COc1cc(C(=O)N[C@@H]2CNCCC2(F)F)cc2nc(-c3cc4ccc5nc4n3CCCCCCC(C)(C)C(=O)N[C@@H]5C)n(C)c12. The van der Waals surface area contributed by atoms with Crippen LogP contribution >= 0.6 is 0 Å². The molecular formula is C34H43F2N7O3. The Balaban J connectivity index is 1.40. The largest absolute Gasteiger partial charge is 0.494 e. The molecule has 46 heavy (non-hydrogen) atoms. The summed E-state index contributed by atoms with van der Waals surface area (Å²) in [6, 6.07) is 7.67. The summed E-state index contributed by atoms with van der Waals surface area (Å²) in [5.74, 6) is -2.49. The first-order valence-corrected chi connectivity index (χ1v) is 16.1. The molecule has 0 saturated carbocycles. The Morgan fingerprint density at radius 1 is 1.09 bits per heavy atom. The number of aromatic nitrogens is 4. The van der Waals surface area contributed by atoms with Crippen LogP contribution in [0, 0.1) is 5.41 Å². The quantitative estimate of drug-likeness (QED) is 0.273. The number of carbonyl (C=O) groups excluding carboxylic acids is 2. The van der Waals surface area contributed by atoms with Crippen molar-refractivity contribution in [2.75, 3.05) is 20.2 Å². The van der Waals surface area contributed by atoms with E-state index in [0.717, 1.165) is 61.1 Å². The third kappa shape index (κ3) is 5.94. The zero-order chi connectivity index (χ0) is 32.8. The minimum atomic E-state index is -2.99. The molecule has 1 saturated heterocycles. The van der Waals surface area contributed by atoms with Crippen LogP contribution in [-0.4, -0.2) is 63.1 Å². The average molecular weight is 636 g/mol. The van der Waals surface area contributed by atoms with Gasteiger partial charge < -0.3 is 29.8 Å². The van der Waals surface area contributed by atoms with Crippen LogP contribution in [0.2, 0.25) is 0 Å². The summed E-state index contributed by atoms with van der Waals surface area (Å²) in [5, 5.41) is 9.56. The van der Waals surface area contributed by atoms with Gasteiger partial charge in [-0.1, -0.05) is 33.1 Å². The first-order valence-electron chi connectivity index (χ1n) is 16.1. The standard InChI is InChI=1S/C34H43F2N7O3/c1-20-23-11-10-21-17-25(43(29(21)39-23)15-9-7-6-8-12-33(2,3)32(45)38-20)30-40-24-16-22(18-26(46-5)28(24)42(30)4)31(44)41-27-19-37-14-13-34(27,35)36/h10-11,16-18,20,27,37H,6-9,12-15,19H2,1-5H3,(H,38,45)(H,41,44)/t20-,27-/m1/s1. The summed E-state index contributed by atoms with van der Waals surface area (Å²) in [7, 11) is 3.41. The lowest BCUT2D eigenvalue weighted by molar-refractivity contribution is -0.130. The Kier molecular flexibility index (Phi) is 8.51. The lowest BCUT2D eigenvalue weighted by Crippen LogP contribution is -2.57. The number of benzene rings is 1. The Labute approximate surface area is 267 Å². The minimum absolute atomic E-state index is 0.00468. The molecule has 2 amide bonds. The van der Waals surface area contributed by atoms with Crippen molar-refractivity contribution < 1.29 is 23.1 Å². The first kappa shape index (κ1) is 31.9. The number of aryl methyl sites for hydroxylation is 2. The zero-order valence-corrected chi connectivity index (χ0v) is 27.2. The van der Waals surface area contributed by atoms with E-state index in [0.29, 0.717) is 22.6 Å². The van der Waals surface area contributed by atoms with E-state index in [4.69, 9.17) is 14.7 Å². The average Bonchev–Trinajstić information content (AvgIpc) is 3.55. The molecule has 0 unspecified atom stereocenters. The van der Waals surface area contributed by atoms with Crippen molar-refractivity contribution in [1.29, 1.82) is 0 Å². The predicted molar refractivity (Wildman–Crippen MR) is 173 cm³/mol. The molecule has 0 aliphatic carbocycles. The van der Waals surface area contributed by atoms with E-state index in [1.165, 1.54) is 7.11 Å². The number of fused-ring (bicyclic) bond motifs is 2. The summed E-state index contributed by atoms with van der Waals surface area (Å²) in [6.07, 6.45) is 4.43. The monoisotopic (exact) mass is 635 g/mol. The van der Waals surface area contributed by atoms with Crippen molar-refractivity contribution in [3.8, 4) is 17.3 Å². The maximum Gasteiger partial charge on any atom is 0.270 e. The number of ether oxygens (including phenoxy) is 1. The smallest absolute Gasteiger partial charge is 0.270 e. The van der Waals surface area contributed by atoms with Gasteiger partial charge >= 0.3 is 0 Å². The Hall–Kier alpha value is -4.06. The molecule has 1 aromatic carbocycles. The van der Waals surface area contributed by atoms with Crippen molar-refractivity contribution >= 4 is 33.9 Å². The fourth-order valence-electron chi connectivity index (χ4n) is 6.61. The molecule has 0 radical (unpaired) electrons. The van der Waals surface area contributed by atoms with Crippen LogP contribution in [0.3, 0.4) is 0 Å². The van der Waals surface area contributed by atoms with Crippen LogP contribution in [0.4, 0.5) is 8.78 Å². The predicted octanol–water partition coefficient (Wildman–Crippen LogP) is 5.49. The van der Waals surface area contributed by atoms with Crippen LogP contribution in [0.1, 0.15) is 81.4 Å². The molecule has 2 aliphatic heterocycles. The molecule has 12 heteroatoms. The second kappa shape index (κ2) is 12.3. The molecule has 3 N–H and O–H groups in total. The number of hydrogen-bond acceptors (Lipinski definition) is 6. The molecule has 0 spiro atoms. The number of pyridine rings is 1. The van der Waals surface area contributed by atoms with Crippen molar-refractivity contribution in [2.45, 2.75) is 83.8 Å². The van der Waals surface area contributed by atoms with Crippen molar-refractivity contribution in [1.82, 2.24) is 35.1 Å².